The van der Waals surface area contributed by atoms with Gasteiger partial charge in [0.15, 0.2) is 47.7 Å². The van der Waals surface area contributed by atoms with Crippen LogP contribution in [0.3, 0.4) is 0 Å². The van der Waals surface area contributed by atoms with Crippen LogP contribution >= 0.6 is 12.0 Å². The first-order valence-corrected chi connectivity index (χ1v) is 21.7. The maximum absolute atomic E-state index is 13.0. The van der Waals surface area contributed by atoms with Crippen LogP contribution in [0.5, 0.6) is 0 Å². The van der Waals surface area contributed by atoms with Gasteiger partial charge in [0.05, 0.1) is 34.0 Å². The molecule has 58 heavy (non-hydrogen) atoms. The SMILES string of the molecule is Cc1ccc[n+](CCS(=O)(=O)c2ccc(N=Nc3c(N)c(N=Nc4ccc(SOOCC[n+]5cccc(C(=O)O)c5)cc4S(=O)(=O)O)cc(S(=O)(=O)O)c3N)cc2)c1. The summed E-state index contributed by atoms with van der Waals surface area (Å²) >= 11 is 0.579. The number of sulfone groups is 1. The molecule has 5 aromatic rings. The van der Waals surface area contributed by atoms with E-state index in [1.807, 2.05) is 25.3 Å². The van der Waals surface area contributed by atoms with Crippen molar-refractivity contribution in [1.82, 2.24) is 0 Å². The number of pyridine rings is 2. The highest BCUT2D eigenvalue weighted by Gasteiger charge is 2.24. The van der Waals surface area contributed by atoms with Crippen LogP contribution in [0.2, 0.25) is 0 Å². The van der Waals surface area contributed by atoms with E-state index in [0.29, 0.717) is 12.0 Å². The third kappa shape index (κ3) is 11.4. The molecular formula is C34H34N8O12S4+2. The Morgan fingerprint density at radius 2 is 1.41 bits per heavy atom. The van der Waals surface area contributed by atoms with E-state index < -0.39 is 74.3 Å². The van der Waals surface area contributed by atoms with Crippen molar-refractivity contribution in [2.45, 2.75) is 39.6 Å². The second kappa shape index (κ2) is 18.2. The van der Waals surface area contributed by atoms with Gasteiger partial charge in [-0.25, -0.2) is 27.2 Å². The Bertz CT molecular complexity index is 2750. The van der Waals surface area contributed by atoms with Crippen molar-refractivity contribution in [3.8, 4) is 0 Å². The number of benzene rings is 3. The predicted octanol–water partition coefficient (Wildman–Crippen LogP) is 4.89. The monoisotopic (exact) mass is 874 g/mol. The molecule has 0 atom stereocenters. The highest BCUT2D eigenvalue weighted by Crippen LogP contribution is 2.43. The maximum atomic E-state index is 13.0. The van der Waals surface area contributed by atoms with Gasteiger partial charge in [0, 0.05) is 22.6 Å². The Balaban J connectivity index is 1.33. The topological polar surface area (TPSA) is 308 Å². The average Bonchev–Trinajstić information content (AvgIpc) is 3.16. The van der Waals surface area contributed by atoms with Crippen molar-refractivity contribution >= 4 is 82.2 Å². The molecule has 0 amide bonds. The van der Waals surface area contributed by atoms with E-state index in [0.717, 1.165) is 23.8 Å². The third-order valence-corrected chi connectivity index (χ3v) is 12.0. The van der Waals surface area contributed by atoms with Gasteiger partial charge in [-0.2, -0.15) is 26.3 Å². The summed E-state index contributed by atoms with van der Waals surface area (Å²) in [5.41, 5.74) is 11.0. The molecule has 0 aliphatic carbocycles. The molecule has 2 aromatic heterocycles. The summed E-state index contributed by atoms with van der Waals surface area (Å²) in [5.74, 6) is -1.28. The van der Waals surface area contributed by atoms with Gasteiger partial charge in [0.25, 0.3) is 20.2 Å². The lowest BCUT2D eigenvalue weighted by Gasteiger charge is -2.11. The lowest BCUT2D eigenvalue weighted by Crippen LogP contribution is -2.36. The Morgan fingerprint density at radius 1 is 0.759 bits per heavy atom. The molecule has 0 aliphatic heterocycles. The number of rotatable bonds is 17. The molecule has 0 saturated heterocycles. The third-order valence-electron chi connectivity index (χ3n) is 7.87. The van der Waals surface area contributed by atoms with E-state index in [4.69, 9.17) is 25.8 Å². The maximum Gasteiger partial charge on any atom is 0.341 e. The largest absolute Gasteiger partial charge is 0.477 e. The number of anilines is 2. The number of hydrogen-bond acceptors (Lipinski definition) is 16. The molecule has 0 spiro atoms. The van der Waals surface area contributed by atoms with Crippen molar-refractivity contribution in [2.24, 2.45) is 20.5 Å². The highest BCUT2D eigenvalue weighted by atomic mass is 32.2. The summed E-state index contributed by atoms with van der Waals surface area (Å²) in [6.07, 6.45) is 6.59. The number of carboxylic acid groups (broad SMARTS) is 1. The molecule has 20 nitrogen and oxygen atoms in total. The number of carboxylic acids is 1. The quantitative estimate of drug-likeness (QED) is 0.0121. The second-order valence-corrected chi connectivity index (χ2v) is 17.8. The van der Waals surface area contributed by atoms with Crippen LogP contribution in [0.4, 0.5) is 34.1 Å². The fourth-order valence-electron chi connectivity index (χ4n) is 5.00. The number of aryl methyl sites for hydroxylation is 2. The first kappa shape index (κ1) is 43.4. The molecule has 7 N–H and O–H groups in total. The second-order valence-electron chi connectivity index (χ2n) is 12.1. The van der Waals surface area contributed by atoms with Crippen molar-refractivity contribution in [3.63, 3.8) is 0 Å². The van der Waals surface area contributed by atoms with Gasteiger partial charge in [0.2, 0.25) is 0 Å². The number of nitrogens with two attached hydrogens (primary N) is 2. The molecule has 2 heterocycles. The Labute approximate surface area is 336 Å². The number of nitrogens with zero attached hydrogens (tertiary/aromatic N) is 6. The van der Waals surface area contributed by atoms with Crippen LogP contribution in [-0.4, -0.2) is 57.8 Å². The van der Waals surface area contributed by atoms with E-state index in [1.165, 1.54) is 42.6 Å². The summed E-state index contributed by atoms with van der Waals surface area (Å²) in [4.78, 5) is 14.7. The molecule has 5 rings (SSSR count). The number of nitrogen functional groups attached to an aromatic ring is 2. The highest BCUT2D eigenvalue weighted by molar-refractivity contribution is 7.94. The van der Waals surface area contributed by atoms with Crippen molar-refractivity contribution < 1.29 is 62.6 Å². The van der Waals surface area contributed by atoms with Crippen LogP contribution in [0, 0.1) is 6.92 Å². The van der Waals surface area contributed by atoms with E-state index >= 15 is 0 Å². The number of aromatic nitrogens is 2. The van der Waals surface area contributed by atoms with E-state index in [2.05, 4.69) is 20.5 Å². The molecule has 304 valence electrons. The van der Waals surface area contributed by atoms with Crippen LogP contribution in [-0.2, 0) is 52.4 Å². The molecule has 0 aliphatic rings. The number of hydrogen-bond donors (Lipinski definition) is 5. The average molecular weight is 875 g/mol. The van der Waals surface area contributed by atoms with Crippen LogP contribution in [0.15, 0.2) is 138 Å². The van der Waals surface area contributed by atoms with E-state index in [-0.39, 0.29) is 46.5 Å². The lowest BCUT2D eigenvalue weighted by atomic mass is 10.2. The van der Waals surface area contributed by atoms with E-state index in [9.17, 15) is 39.2 Å². The Kier molecular flexibility index (Phi) is 13.6. The minimum absolute atomic E-state index is 0.0172. The molecule has 0 fully saturated rings. The summed E-state index contributed by atoms with van der Waals surface area (Å²) < 4.78 is 103. The zero-order valence-electron chi connectivity index (χ0n) is 30.1. The summed E-state index contributed by atoms with van der Waals surface area (Å²) in [7, 11) is -13.7. The summed E-state index contributed by atoms with van der Waals surface area (Å²) in [5, 5.41) is 24.7. The molecule has 0 unspecified atom stereocenters. The molecular weight excluding hydrogens is 841 g/mol. The Hall–Kier alpha value is -5.73. The van der Waals surface area contributed by atoms with Gasteiger partial charge in [-0.15, -0.1) is 15.3 Å². The fourth-order valence-corrected chi connectivity index (χ4v) is 8.08. The zero-order chi connectivity index (χ0) is 42.3. The normalized spacial score (nSPS) is 12.4. The molecule has 3 aromatic carbocycles. The van der Waals surface area contributed by atoms with Crippen molar-refractivity contribution in [3.05, 3.63) is 109 Å². The minimum Gasteiger partial charge on any atom is -0.477 e. The summed E-state index contributed by atoms with van der Waals surface area (Å²) in [6, 6.07) is 16.2. The van der Waals surface area contributed by atoms with Gasteiger partial charge in [-0.3, -0.25) is 9.11 Å². The predicted molar refractivity (Wildman–Crippen MR) is 206 cm³/mol. The van der Waals surface area contributed by atoms with Gasteiger partial charge in [-0.05, 0) is 67.6 Å². The molecule has 0 bridgehead atoms. The number of azo groups is 2. The first-order chi connectivity index (χ1) is 27.3. The fraction of sp³-hybridized carbons (Fsp3) is 0.147. The smallest absolute Gasteiger partial charge is 0.341 e. The van der Waals surface area contributed by atoms with Gasteiger partial charge < -0.3 is 16.6 Å². The van der Waals surface area contributed by atoms with Crippen molar-refractivity contribution in [1.29, 1.82) is 0 Å². The molecule has 0 radical (unpaired) electrons. The summed E-state index contributed by atoms with van der Waals surface area (Å²) in [6.45, 7) is 2.29. The Morgan fingerprint density at radius 3 is 2.07 bits per heavy atom. The molecule has 24 heteroatoms. The van der Waals surface area contributed by atoms with Gasteiger partial charge in [0.1, 0.15) is 44.8 Å². The standard InChI is InChI=1S/C34H32N8O12S4/c1-22-4-2-12-42(20-22)15-17-56(45,46)26-9-6-24(7-10-26)37-40-33-31(35)28(19-30(32(33)36)58(50,51)52)39-38-27-11-8-25(18-29(27)57(47,48)49)55-54-53-16-14-41-13-3-5-23(21-41)34(43)44/h2-13,18-21H,14-17H2,1H3,(H5-2,35,36,37,38,43,44,47,48,49,50,51,52)/p+2. The van der Waals surface area contributed by atoms with Crippen molar-refractivity contribution in [2.75, 3.05) is 23.8 Å². The van der Waals surface area contributed by atoms with Crippen LogP contribution < -0.4 is 20.6 Å². The minimum atomic E-state index is -5.02. The number of carbonyl (C=O) groups is 1. The first-order valence-electron chi connectivity index (χ1n) is 16.4. The zero-order valence-corrected chi connectivity index (χ0v) is 33.3. The number of aromatic carboxylic acids is 1. The van der Waals surface area contributed by atoms with Gasteiger partial charge in [-0.1, -0.05) is 0 Å². The van der Waals surface area contributed by atoms with E-state index in [1.54, 1.807) is 27.6 Å². The van der Waals surface area contributed by atoms with Crippen LogP contribution in [0.1, 0.15) is 15.9 Å². The molecule has 0 saturated carbocycles. The van der Waals surface area contributed by atoms with Crippen LogP contribution in [0.25, 0.3) is 0 Å². The lowest BCUT2D eigenvalue weighted by molar-refractivity contribution is -0.700. The van der Waals surface area contributed by atoms with Gasteiger partial charge >= 0.3 is 5.97 Å².